The molecule has 0 unspecified atom stereocenters. The number of fused-ring (bicyclic) bond motifs is 2. The number of alkyl halides is 3. The summed E-state index contributed by atoms with van der Waals surface area (Å²) in [5, 5.41) is 0. The second-order valence-corrected chi connectivity index (χ2v) is 10.3. The van der Waals surface area contributed by atoms with Crippen molar-refractivity contribution in [3.63, 3.8) is 0 Å². The number of halogens is 4. The minimum atomic E-state index is -4.41. The van der Waals surface area contributed by atoms with E-state index in [1.54, 1.807) is 12.1 Å². The molecule has 2 aliphatic heterocycles. The Kier molecular flexibility index (Phi) is 6.97. The highest BCUT2D eigenvalue weighted by atomic mass is 32.2. The van der Waals surface area contributed by atoms with E-state index < -0.39 is 11.7 Å². The van der Waals surface area contributed by atoms with Crippen LogP contribution in [-0.2, 0) is 11.9 Å². The highest BCUT2D eigenvalue weighted by Crippen LogP contribution is 2.39. The Hall–Kier alpha value is -3.00. The van der Waals surface area contributed by atoms with Gasteiger partial charge in [0, 0.05) is 41.1 Å². The summed E-state index contributed by atoms with van der Waals surface area (Å²) in [6.07, 6.45) is -1.72. The first kappa shape index (κ1) is 24.7. The van der Waals surface area contributed by atoms with E-state index in [2.05, 4.69) is 0 Å². The van der Waals surface area contributed by atoms with Gasteiger partial charge in [0.25, 0.3) is 5.91 Å². The van der Waals surface area contributed by atoms with Crippen molar-refractivity contribution >= 4 is 17.7 Å². The number of thioether (sulfide) groups is 1. The predicted octanol–water partition coefficient (Wildman–Crippen LogP) is 7.35. The van der Waals surface area contributed by atoms with Crippen molar-refractivity contribution in [2.45, 2.75) is 60.7 Å². The molecule has 3 aromatic rings. The number of nitrogens with zero attached hydrogens (tertiary/aromatic N) is 1. The van der Waals surface area contributed by atoms with Gasteiger partial charge in [-0.15, -0.1) is 11.8 Å². The molecule has 2 aliphatic rings. The Morgan fingerprint density at radius 2 is 1.64 bits per heavy atom. The lowest BCUT2D eigenvalue weighted by molar-refractivity contribution is -0.137. The van der Waals surface area contributed by atoms with E-state index in [9.17, 15) is 22.4 Å². The molecule has 2 fully saturated rings. The quantitative estimate of drug-likeness (QED) is 0.254. The molecule has 8 heteroatoms. The molecule has 2 heterocycles. The first-order valence-electron chi connectivity index (χ1n) is 11.9. The molecule has 36 heavy (non-hydrogen) atoms. The van der Waals surface area contributed by atoms with Gasteiger partial charge in [-0.1, -0.05) is 24.3 Å². The van der Waals surface area contributed by atoms with Gasteiger partial charge in [0.2, 0.25) is 0 Å². The van der Waals surface area contributed by atoms with Crippen molar-refractivity contribution in [1.82, 2.24) is 4.90 Å². The van der Waals surface area contributed by atoms with Crippen LogP contribution in [0.4, 0.5) is 17.6 Å². The highest BCUT2D eigenvalue weighted by Gasteiger charge is 2.44. The van der Waals surface area contributed by atoms with Crippen molar-refractivity contribution < 1.29 is 27.1 Å². The lowest BCUT2D eigenvalue weighted by Crippen LogP contribution is -2.49. The molecule has 0 spiro atoms. The lowest BCUT2D eigenvalue weighted by atomic mass is 9.98. The molecule has 2 saturated heterocycles. The Balaban J connectivity index is 1.20. The zero-order chi connectivity index (χ0) is 25.3. The van der Waals surface area contributed by atoms with Crippen LogP contribution < -0.4 is 4.74 Å². The van der Waals surface area contributed by atoms with E-state index in [1.807, 2.05) is 35.2 Å². The van der Waals surface area contributed by atoms with Crippen LogP contribution in [0.15, 0.2) is 77.7 Å². The van der Waals surface area contributed by atoms with Crippen LogP contribution in [0.1, 0.15) is 47.2 Å². The number of piperidine rings is 1. The van der Waals surface area contributed by atoms with Gasteiger partial charge in [-0.3, -0.25) is 4.79 Å². The maximum absolute atomic E-state index is 13.4. The molecule has 188 valence electrons. The van der Waals surface area contributed by atoms with Gasteiger partial charge in [-0.2, -0.15) is 13.2 Å². The average molecular weight is 516 g/mol. The van der Waals surface area contributed by atoms with Crippen molar-refractivity contribution in [3.05, 3.63) is 95.3 Å². The molecule has 2 atom stereocenters. The summed E-state index contributed by atoms with van der Waals surface area (Å²) in [5.41, 5.74) is 0.925. The summed E-state index contributed by atoms with van der Waals surface area (Å²) in [5.74, 6) is 0.589. The van der Waals surface area contributed by atoms with Crippen LogP contribution in [0.25, 0.3) is 0 Å². The standard InChI is InChI=1S/C28H25F4NO2S/c29-21-4-2-6-26(14-21)36-17-18-7-9-19(10-8-18)27(34)33-22-11-12-23(33)16-25(15-22)35-24-5-1-3-20(13-24)28(30,31)32/h1-10,13-14,22-23,25H,11-12,15-17H2/t22-,23-/m0/s1. The Bertz CT molecular complexity index is 1220. The number of carbonyl (C=O) groups excluding carboxylic acids is 1. The molecular weight excluding hydrogens is 490 g/mol. The molecule has 0 aromatic heterocycles. The second kappa shape index (κ2) is 10.2. The fourth-order valence-corrected chi connectivity index (χ4v) is 6.01. The zero-order valence-electron chi connectivity index (χ0n) is 19.4. The number of hydrogen-bond acceptors (Lipinski definition) is 3. The molecular formula is C28H25F4NO2S. The number of carbonyl (C=O) groups is 1. The van der Waals surface area contributed by atoms with Gasteiger partial charge in [-0.25, -0.2) is 4.39 Å². The first-order valence-corrected chi connectivity index (χ1v) is 12.9. The van der Waals surface area contributed by atoms with Gasteiger partial charge in [0.1, 0.15) is 17.7 Å². The summed E-state index contributed by atoms with van der Waals surface area (Å²) >= 11 is 1.53. The Morgan fingerprint density at radius 1 is 0.944 bits per heavy atom. The minimum absolute atomic E-state index is 0.00950. The van der Waals surface area contributed by atoms with Crippen LogP contribution in [0, 0.1) is 5.82 Å². The lowest BCUT2D eigenvalue weighted by Gasteiger charge is -2.39. The summed E-state index contributed by atoms with van der Waals surface area (Å²) in [6.45, 7) is 0. The van der Waals surface area contributed by atoms with Gasteiger partial charge in [-0.05, 0) is 66.9 Å². The maximum Gasteiger partial charge on any atom is 0.416 e. The van der Waals surface area contributed by atoms with Crippen LogP contribution in [0.2, 0.25) is 0 Å². The summed E-state index contributed by atoms with van der Waals surface area (Å²) in [6, 6.07) is 18.9. The molecule has 5 rings (SSSR count). The van der Waals surface area contributed by atoms with Crippen molar-refractivity contribution in [3.8, 4) is 5.75 Å². The number of rotatable bonds is 6. The molecule has 0 radical (unpaired) electrons. The van der Waals surface area contributed by atoms with E-state index in [0.29, 0.717) is 24.2 Å². The smallest absolute Gasteiger partial charge is 0.416 e. The second-order valence-electron chi connectivity index (χ2n) is 9.28. The van der Waals surface area contributed by atoms with Crippen LogP contribution in [-0.4, -0.2) is 29.0 Å². The molecule has 0 N–H and O–H groups in total. The van der Waals surface area contributed by atoms with Crippen LogP contribution >= 0.6 is 11.8 Å². The summed E-state index contributed by atoms with van der Waals surface area (Å²) in [7, 11) is 0. The van der Waals surface area contributed by atoms with Crippen molar-refractivity contribution in [2.75, 3.05) is 0 Å². The van der Waals surface area contributed by atoms with Gasteiger partial charge in [0.05, 0.1) is 5.56 Å². The third kappa shape index (κ3) is 5.53. The molecule has 1 amide bonds. The van der Waals surface area contributed by atoms with E-state index in [-0.39, 0.29) is 35.7 Å². The molecule has 0 aliphatic carbocycles. The van der Waals surface area contributed by atoms with Crippen LogP contribution in [0.5, 0.6) is 5.75 Å². The van der Waals surface area contributed by atoms with E-state index in [0.717, 1.165) is 35.4 Å². The van der Waals surface area contributed by atoms with Gasteiger partial charge >= 0.3 is 6.18 Å². The Labute approximate surface area is 211 Å². The van der Waals surface area contributed by atoms with E-state index >= 15 is 0 Å². The third-order valence-corrected chi connectivity index (χ3v) is 7.86. The third-order valence-electron chi connectivity index (χ3n) is 6.79. The fraction of sp³-hybridized carbons (Fsp3) is 0.321. The topological polar surface area (TPSA) is 29.5 Å². The average Bonchev–Trinajstić information content (AvgIpc) is 3.12. The number of ether oxygens (including phenoxy) is 1. The van der Waals surface area contributed by atoms with Gasteiger partial charge in [0.15, 0.2) is 0 Å². The monoisotopic (exact) mass is 515 g/mol. The van der Waals surface area contributed by atoms with Crippen molar-refractivity contribution in [1.29, 1.82) is 0 Å². The number of amides is 1. The maximum atomic E-state index is 13.4. The zero-order valence-corrected chi connectivity index (χ0v) is 20.2. The summed E-state index contributed by atoms with van der Waals surface area (Å²) in [4.78, 5) is 16.1. The predicted molar refractivity (Wildman–Crippen MR) is 130 cm³/mol. The van der Waals surface area contributed by atoms with Gasteiger partial charge < -0.3 is 9.64 Å². The molecule has 2 bridgehead atoms. The largest absolute Gasteiger partial charge is 0.490 e. The van der Waals surface area contributed by atoms with Crippen molar-refractivity contribution in [2.24, 2.45) is 0 Å². The fourth-order valence-electron chi connectivity index (χ4n) is 5.11. The van der Waals surface area contributed by atoms with E-state index in [4.69, 9.17) is 4.74 Å². The first-order chi connectivity index (χ1) is 17.3. The summed E-state index contributed by atoms with van der Waals surface area (Å²) < 4.78 is 58.4. The molecule has 3 nitrogen and oxygen atoms in total. The Morgan fingerprint density at radius 3 is 2.31 bits per heavy atom. The van der Waals surface area contributed by atoms with E-state index in [1.165, 1.54) is 30.0 Å². The minimum Gasteiger partial charge on any atom is -0.490 e. The van der Waals surface area contributed by atoms with Crippen LogP contribution in [0.3, 0.4) is 0 Å². The number of benzene rings is 3. The highest BCUT2D eigenvalue weighted by molar-refractivity contribution is 7.98. The molecule has 3 aromatic carbocycles. The number of hydrogen-bond donors (Lipinski definition) is 0. The SMILES string of the molecule is O=C(c1ccc(CSc2cccc(F)c2)cc1)N1[C@H]2CC[C@H]1CC(Oc1cccc(C(F)(F)F)c1)C2. The molecule has 0 saturated carbocycles. The normalized spacial score (nSPS) is 21.4.